The monoisotopic (exact) mass is 562 g/mol. The van der Waals surface area contributed by atoms with Crippen LogP contribution in [0.3, 0.4) is 0 Å². The lowest BCUT2D eigenvalue weighted by molar-refractivity contribution is -0.154. The third-order valence-corrected chi connectivity index (χ3v) is 7.62. The van der Waals surface area contributed by atoms with E-state index >= 15 is 0 Å². The van der Waals surface area contributed by atoms with Crippen molar-refractivity contribution in [2.75, 3.05) is 18.1 Å². The van der Waals surface area contributed by atoms with Gasteiger partial charge in [-0.05, 0) is 56.3 Å². The Morgan fingerprint density at radius 3 is 2.53 bits per heavy atom. The number of nitrogens with zero attached hydrogens (tertiary/aromatic N) is 2. The van der Waals surface area contributed by atoms with Crippen LogP contribution >= 0.6 is 31.9 Å². The van der Waals surface area contributed by atoms with Gasteiger partial charge in [-0.3, -0.25) is 9.59 Å². The summed E-state index contributed by atoms with van der Waals surface area (Å²) in [5, 5.41) is 0. The van der Waals surface area contributed by atoms with Gasteiger partial charge in [0.15, 0.2) is 0 Å². The van der Waals surface area contributed by atoms with Crippen LogP contribution in [0.5, 0.6) is 5.75 Å². The number of carbonyl (C=O) groups excluding carboxylic acids is 3. The number of fused-ring (bicyclic) bond motifs is 5. The quantitative estimate of drug-likeness (QED) is 0.400. The van der Waals surface area contributed by atoms with Gasteiger partial charge in [0.25, 0.3) is 5.91 Å². The first-order chi connectivity index (χ1) is 15.3. The molecular weight excluding hydrogens is 544 g/mol. The molecule has 3 aliphatic heterocycles. The second-order valence-electron chi connectivity index (χ2n) is 8.25. The maximum Gasteiger partial charge on any atom is 0.332 e. The third kappa shape index (κ3) is 2.86. The van der Waals surface area contributed by atoms with Crippen LogP contribution in [0.4, 0.5) is 10.5 Å². The number of hydrogen-bond acceptors (Lipinski definition) is 5. The summed E-state index contributed by atoms with van der Waals surface area (Å²) in [6.07, 6.45) is 0. The molecule has 0 unspecified atom stereocenters. The number of rotatable bonds is 3. The van der Waals surface area contributed by atoms with Gasteiger partial charge >= 0.3 is 12.0 Å². The van der Waals surface area contributed by atoms with Gasteiger partial charge in [0.05, 0.1) is 30.9 Å². The average Bonchev–Trinajstić information content (AvgIpc) is 3.14. The van der Waals surface area contributed by atoms with Crippen LogP contribution in [0.15, 0.2) is 51.4 Å². The van der Waals surface area contributed by atoms with Crippen molar-refractivity contribution in [3.05, 3.63) is 57.0 Å². The minimum Gasteiger partial charge on any atom is -0.493 e. The van der Waals surface area contributed by atoms with Crippen LogP contribution in [-0.4, -0.2) is 41.6 Å². The van der Waals surface area contributed by atoms with E-state index in [0.717, 1.165) is 14.5 Å². The maximum absolute atomic E-state index is 13.8. The molecule has 0 bridgehead atoms. The zero-order valence-corrected chi connectivity index (χ0v) is 20.6. The largest absolute Gasteiger partial charge is 0.493 e. The minimum atomic E-state index is -1.39. The van der Waals surface area contributed by atoms with Crippen molar-refractivity contribution in [3.8, 4) is 5.75 Å². The summed E-state index contributed by atoms with van der Waals surface area (Å²) in [5.41, 5.74) is -0.161. The molecular formula is C23H20Br2N2O5. The second-order valence-corrected chi connectivity index (χ2v) is 10.1. The van der Waals surface area contributed by atoms with Crippen LogP contribution in [0.2, 0.25) is 0 Å². The van der Waals surface area contributed by atoms with Crippen molar-refractivity contribution in [1.29, 1.82) is 0 Å². The lowest BCUT2D eigenvalue weighted by Crippen LogP contribution is -2.51. The number of urea groups is 1. The maximum atomic E-state index is 13.8. The summed E-state index contributed by atoms with van der Waals surface area (Å²) in [4.78, 5) is 43.5. The number of ether oxygens (including phenoxy) is 2. The number of esters is 1. The van der Waals surface area contributed by atoms with Gasteiger partial charge in [-0.15, -0.1) is 0 Å². The van der Waals surface area contributed by atoms with Crippen molar-refractivity contribution >= 4 is 55.5 Å². The zero-order valence-electron chi connectivity index (χ0n) is 17.4. The summed E-state index contributed by atoms with van der Waals surface area (Å²) in [7, 11) is 0. The first-order valence-corrected chi connectivity index (χ1v) is 11.9. The summed E-state index contributed by atoms with van der Waals surface area (Å²) < 4.78 is 13.0. The standard InChI is InChI=1S/C23H20Br2N2O5/c1-3-31-20(28)18-16-11-32-17-9-6-13(25)10-15(17)19(16)27-22(30)26(21(29)23(18,27)2)14-7-4-12(24)5-8-14/h4-10,16,18-19H,3,11H2,1-2H3/t16-,18+,19+,23+/m1/s1. The number of halogens is 2. The molecule has 0 aromatic heterocycles. The van der Waals surface area contributed by atoms with E-state index in [1.165, 1.54) is 4.90 Å². The number of imide groups is 1. The highest BCUT2D eigenvalue weighted by Crippen LogP contribution is 2.58. The number of amides is 3. The molecule has 0 N–H and O–H groups in total. The Morgan fingerprint density at radius 1 is 1.16 bits per heavy atom. The number of anilines is 1. The zero-order chi connectivity index (χ0) is 22.8. The smallest absolute Gasteiger partial charge is 0.332 e. The highest BCUT2D eigenvalue weighted by molar-refractivity contribution is 9.10. The summed E-state index contributed by atoms with van der Waals surface area (Å²) >= 11 is 6.87. The number of benzene rings is 2. The summed E-state index contributed by atoms with van der Waals surface area (Å²) in [5.74, 6) is -1.54. The van der Waals surface area contributed by atoms with Crippen molar-refractivity contribution in [1.82, 2.24) is 4.90 Å². The fourth-order valence-corrected chi connectivity index (χ4v) is 5.93. The lowest BCUT2D eigenvalue weighted by Gasteiger charge is -2.34. The number of hydrogen-bond donors (Lipinski definition) is 0. The van der Waals surface area contributed by atoms with E-state index in [0.29, 0.717) is 11.4 Å². The van der Waals surface area contributed by atoms with Gasteiger partial charge < -0.3 is 14.4 Å². The van der Waals surface area contributed by atoms with Crippen LogP contribution in [0, 0.1) is 11.8 Å². The van der Waals surface area contributed by atoms with E-state index in [1.807, 2.05) is 18.2 Å². The molecule has 2 aromatic carbocycles. The first-order valence-electron chi connectivity index (χ1n) is 10.3. The Kier molecular flexibility index (Phi) is 5.09. The van der Waals surface area contributed by atoms with E-state index in [9.17, 15) is 14.4 Å². The molecule has 3 heterocycles. The van der Waals surface area contributed by atoms with E-state index in [2.05, 4.69) is 31.9 Å². The van der Waals surface area contributed by atoms with Crippen molar-refractivity contribution < 1.29 is 23.9 Å². The van der Waals surface area contributed by atoms with Gasteiger partial charge in [-0.1, -0.05) is 31.9 Å². The fraction of sp³-hybridized carbons (Fsp3) is 0.348. The molecule has 0 aliphatic carbocycles. The van der Waals surface area contributed by atoms with Crippen LogP contribution in [0.25, 0.3) is 0 Å². The predicted octanol–water partition coefficient (Wildman–Crippen LogP) is 4.68. The molecule has 2 saturated heterocycles. The van der Waals surface area contributed by atoms with Crippen LogP contribution in [0.1, 0.15) is 25.5 Å². The SMILES string of the molecule is CCOC(=O)[C@@H]1[C@H]2COc3ccc(Br)cc3[C@@H]2N2C(=O)N(c3ccc(Br)cc3)C(=O)[C@]12C. The molecule has 9 heteroatoms. The molecule has 3 amide bonds. The normalized spacial score (nSPS) is 28.2. The van der Waals surface area contributed by atoms with Gasteiger partial charge in [0.2, 0.25) is 0 Å². The van der Waals surface area contributed by atoms with E-state index in [1.54, 1.807) is 43.0 Å². The van der Waals surface area contributed by atoms with Gasteiger partial charge in [-0.2, -0.15) is 0 Å². The van der Waals surface area contributed by atoms with E-state index in [-0.39, 0.29) is 13.2 Å². The fourth-order valence-electron chi connectivity index (χ4n) is 5.28. The molecule has 5 rings (SSSR count). The predicted molar refractivity (Wildman–Crippen MR) is 123 cm³/mol. The third-order valence-electron chi connectivity index (χ3n) is 6.60. The molecule has 0 saturated carbocycles. The highest BCUT2D eigenvalue weighted by Gasteiger charge is 2.72. The van der Waals surface area contributed by atoms with Crippen molar-refractivity contribution in [2.24, 2.45) is 11.8 Å². The molecule has 0 spiro atoms. The molecule has 166 valence electrons. The Morgan fingerprint density at radius 2 is 1.84 bits per heavy atom. The molecule has 2 aromatic rings. The van der Waals surface area contributed by atoms with Gasteiger partial charge in [0.1, 0.15) is 11.3 Å². The molecule has 32 heavy (non-hydrogen) atoms. The van der Waals surface area contributed by atoms with Crippen molar-refractivity contribution in [2.45, 2.75) is 25.4 Å². The highest BCUT2D eigenvalue weighted by atomic mass is 79.9. The van der Waals surface area contributed by atoms with Crippen LogP contribution < -0.4 is 9.64 Å². The topological polar surface area (TPSA) is 76.2 Å². The van der Waals surface area contributed by atoms with E-state index in [4.69, 9.17) is 9.47 Å². The average molecular weight is 564 g/mol. The van der Waals surface area contributed by atoms with Crippen molar-refractivity contribution in [3.63, 3.8) is 0 Å². The lowest BCUT2D eigenvalue weighted by atomic mass is 9.77. The van der Waals surface area contributed by atoms with Gasteiger partial charge in [-0.25, -0.2) is 9.69 Å². The van der Waals surface area contributed by atoms with Gasteiger partial charge in [0, 0.05) is 20.4 Å². The summed E-state index contributed by atoms with van der Waals surface area (Å²) in [6.45, 7) is 3.80. The molecule has 3 aliphatic rings. The minimum absolute atomic E-state index is 0.185. The Bertz CT molecular complexity index is 1140. The van der Waals surface area contributed by atoms with Crippen LogP contribution in [-0.2, 0) is 14.3 Å². The molecule has 4 atom stereocenters. The number of carbonyl (C=O) groups is 3. The molecule has 2 fully saturated rings. The molecule has 7 nitrogen and oxygen atoms in total. The first kappa shape index (κ1) is 21.5. The Labute approximate surface area is 201 Å². The Balaban J connectivity index is 1.69. The Hall–Kier alpha value is -2.39. The molecule has 0 radical (unpaired) electrons. The van der Waals surface area contributed by atoms with E-state index < -0.39 is 41.3 Å². The second kappa shape index (κ2) is 7.59. The summed E-state index contributed by atoms with van der Waals surface area (Å²) in [6, 6.07) is 11.6.